The van der Waals surface area contributed by atoms with Gasteiger partial charge in [-0.2, -0.15) is 0 Å². The van der Waals surface area contributed by atoms with Crippen LogP contribution in [0.2, 0.25) is 5.02 Å². The SMILES string of the molecule is CC1CC1C(NC(=O)C1CC12CCNCC2)c1ccc(Cl)cc1.Cl. The van der Waals surface area contributed by atoms with Crippen molar-refractivity contribution in [2.75, 3.05) is 13.1 Å². The number of benzene rings is 1. The summed E-state index contributed by atoms with van der Waals surface area (Å²) in [5.41, 5.74) is 1.49. The van der Waals surface area contributed by atoms with E-state index in [1.165, 1.54) is 12.0 Å². The zero-order valence-corrected chi connectivity index (χ0v) is 15.6. The predicted molar refractivity (Wildman–Crippen MR) is 99.5 cm³/mol. The molecule has 1 aliphatic heterocycles. The average Bonchev–Trinajstić information content (AvgIpc) is 3.45. The van der Waals surface area contributed by atoms with E-state index in [0.29, 0.717) is 17.3 Å². The van der Waals surface area contributed by atoms with Crippen LogP contribution in [-0.4, -0.2) is 19.0 Å². The average molecular weight is 369 g/mol. The first kappa shape index (κ1) is 18.0. The first-order valence-corrected chi connectivity index (χ1v) is 9.23. The number of halogens is 2. The Morgan fingerprint density at radius 2 is 1.92 bits per heavy atom. The van der Waals surface area contributed by atoms with Crippen LogP contribution in [0, 0.1) is 23.2 Å². The molecule has 1 aromatic carbocycles. The van der Waals surface area contributed by atoms with Gasteiger partial charge >= 0.3 is 0 Å². The van der Waals surface area contributed by atoms with Crippen LogP contribution >= 0.6 is 24.0 Å². The molecule has 1 aromatic rings. The van der Waals surface area contributed by atoms with E-state index in [9.17, 15) is 4.79 Å². The first-order chi connectivity index (χ1) is 11.1. The lowest BCUT2D eigenvalue weighted by molar-refractivity contribution is -0.124. The number of carbonyl (C=O) groups is 1. The van der Waals surface area contributed by atoms with Gasteiger partial charge in [0.1, 0.15) is 0 Å². The number of carbonyl (C=O) groups excluding carboxylic acids is 1. The summed E-state index contributed by atoms with van der Waals surface area (Å²) in [4.78, 5) is 12.8. The van der Waals surface area contributed by atoms with Crippen molar-refractivity contribution in [2.45, 2.75) is 38.6 Å². The topological polar surface area (TPSA) is 41.1 Å². The zero-order chi connectivity index (χ0) is 16.0. The molecule has 1 saturated heterocycles. The van der Waals surface area contributed by atoms with E-state index in [4.69, 9.17) is 11.6 Å². The molecule has 1 heterocycles. The van der Waals surface area contributed by atoms with E-state index in [0.717, 1.165) is 37.4 Å². The lowest BCUT2D eigenvalue weighted by Gasteiger charge is -2.25. The molecule has 3 nitrogen and oxygen atoms in total. The molecule has 0 bridgehead atoms. The maximum absolute atomic E-state index is 12.8. The van der Waals surface area contributed by atoms with Crippen LogP contribution in [0.1, 0.15) is 44.2 Å². The second kappa shape index (κ2) is 6.86. The molecule has 132 valence electrons. The highest BCUT2D eigenvalue weighted by atomic mass is 35.5. The summed E-state index contributed by atoms with van der Waals surface area (Å²) in [6, 6.07) is 8.12. The summed E-state index contributed by atoms with van der Waals surface area (Å²) in [6.45, 7) is 4.39. The third kappa shape index (κ3) is 3.44. The first-order valence-electron chi connectivity index (χ1n) is 8.86. The second-order valence-corrected chi connectivity index (χ2v) is 8.22. The Morgan fingerprint density at radius 1 is 1.29 bits per heavy atom. The zero-order valence-electron chi connectivity index (χ0n) is 14.1. The molecule has 4 rings (SSSR count). The number of nitrogens with one attached hydrogen (secondary N) is 2. The minimum Gasteiger partial charge on any atom is -0.349 e. The number of amides is 1. The minimum absolute atomic E-state index is 0. The van der Waals surface area contributed by atoms with Crippen LogP contribution in [0.4, 0.5) is 0 Å². The molecule has 1 amide bonds. The molecule has 2 N–H and O–H groups in total. The van der Waals surface area contributed by atoms with Crippen molar-refractivity contribution < 1.29 is 4.79 Å². The van der Waals surface area contributed by atoms with E-state index in [1.54, 1.807) is 0 Å². The molecule has 24 heavy (non-hydrogen) atoms. The van der Waals surface area contributed by atoms with E-state index >= 15 is 0 Å². The molecule has 5 heteroatoms. The lowest BCUT2D eigenvalue weighted by Crippen LogP contribution is -2.36. The third-order valence-corrected chi connectivity index (χ3v) is 6.48. The van der Waals surface area contributed by atoms with Crippen molar-refractivity contribution in [3.63, 3.8) is 0 Å². The molecule has 3 fully saturated rings. The van der Waals surface area contributed by atoms with Crippen LogP contribution in [0.3, 0.4) is 0 Å². The normalized spacial score (nSPS) is 31.0. The Labute approximate surface area is 155 Å². The smallest absolute Gasteiger partial charge is 0.224 e. The van der Waals surface area contributed by atoms with Crippen LogP contribution in [0.15, 0.2) is 24.3 Å². The molecule has 4 atom stereocenters. The van der Waals surface area contributed by atoms with Gasteiger partial charge in [-0.05, 0) is 73.7 Å². The van der Waals surface area contributed by atoms with Gasteiger partial charge in [0, 0.05) is 10.9 Å². The van der Waals surface area contributed by atoms with Gasteiger partial charge in [0.15, 0.2) is 0 Å². The van der Waals surface area contributed by atoms with Gasteiger partial charge < -0.3 is 10.6 Å². The van der Waals surface area contributed by atoms with Crippen molar-refractivity contribution in [1.29, 1.82) is 0 Å². The summed E-state index contributed by atoms with van der Waals surface area (Å²) in [5.74, 6) is 1.77. The highest BCUT2D eigenvalue weighted by molar-refractivity contribution is 6.30. The van der Waals surface area contributed by atoms with E-state index in [2.05, 4.69) is 29.7 Å². The highest BCUT2D eigenvalue weighted by Crippen LogP contribution is 2.59. The molecule has 0 aromatic heterocycles. The molecular formula is C19H26Cl2N2O. The van der Waals surface area contributed by atoms with Crippen molar-refractivity contribution in [3.8, 4) is 0 Å². The quantitative estimate of drug-likeness (QED) is 0.843. The number of rotatable bonds is 4. The third-order valence-electron chi connectivity index (χ3n) is 6.23. The van der Waals surface area contributed by atoms with Gasteiger partial charge in [-0.1, -0.05) is 30.7 Å². The van der Waals surface area contributed by atoms with Crippen LogP contribution < -0.4 is 10.6 Å². The van der Waals surface area contributed by atoms with Gasteiger partial charge in [0.25, 0.3) is 0 Å². The molecule has 2 saturated carbocycles. The summed E-state index contributed by atoms with van der Waals surface area (Å²) < 4.78 is 0. The number of hydrogen-bond donors (Lipinski definition) is 2. The van der Waals surface area contributed by atoms with Crippen LogP contribution in [-0.2, 0) is 4.79 Å². The van der Waals surface area contributed by atoms with Gasteiger partial charge in [0.05, 0.1) is 6.04 Å². The van der Waals surface area contributed by atoms with Gasteiger partial charge in [-0.25, -0.2) is 0 Å². The maximum Gasteiger partial charge on any atom is 0.224 e. The minimum atomic E-state index is 0. The Morgan fingerprint density at radius 3 is 2.50 bits per heavy atom. The summed E-state index contributed by atoms with van der Waals surface area (Å²) in [7, 11) is 0. The summed E-state index contributed by atoms with van der Waals surface area (Å²) in [6.07, 6.45) is 4.58. The Balaban J connectivity index is 0.00000169. The fourth-order valence-corrected chi connectivity index (χ4v) is 4.50. The monoisotopic (exact) mass is 368 g/mol. The van der Waals surface area contributed by atoms with E-state index in [-0.39, 0.29) is 30.3 Å². The van der Waals surface area contributed by atoms with Crippen molar-refractivity contribution >= 4 is 29.9 Å². The van der Waals surface area contributed by atoms with Gasteiger partial charge in [-0.3, -0.25) is 4.79 Å². The second-order valence-electron chi connectivity index (χ2n) is 7.78. The largest absolute Gasteiger partial charge is 0.349 e. The molecule has 3 aliphatic rings. The number of piperidine rings is 1. The molecular weight excluding hydrogens is 343 g/mol. The van der Waals surface area contributed by atoms with Crippen molar-refractivity contribution in [2.24, 2.45) is 23.2 Å². The Kier molecular flexibility index (Phi) is 5.15. The summed E-state index contributed by atoms with van der Waals surface area (Å²) in [5, 5.41) is 7.53. The summed E-state index contributed by atoms with van der Waals surface area (Å²) >= 11 is 6.01. The van der Waals surface area contributed by atoms with Crippen molar-refractivity contribution in [3.05, 3.63) is 34.9 Å². The fourth-order valence-electron chi connectivity index (χ4n) is 4.37. The van der Waals surface area contributed by atoms with Crippen LogP contribution in [0.5, 0.6) is 0 Å². The van der Waals surface area contributed by atoms with Gasteiger partial charge in [-0.15, -0.1) is 12.4 Å². The number of hydrogen-bond acceptors (Lipinski definition) is 2. The fraction of sp³-hybridized carbons (Fsp3) is 0.632. The predicted octanol–water partition coefficient (Wildman–Crippen LogP) is 3.96. The standard InChI is InChI=1S/C19H25ClN2O.ClH/c1-12-10-15(12)17(13-2-4-14(20)5-3-13)22-18(23)16-11-19(16)6-8-21-9-7-19;/h2-5,12,15-17,21H,6-11H2,1H3,(H,22,23);1H. The van der Waals surface area contributed by atoms with E-state index in [1.807, 2.05) is 12.1 Å². The lowest BCUT2D eigenvalue weighted by atomic mass is 9.91. The van der Waals surface area contributed by atoms with Gasteiger partial charge in [0.2, 0.25) is 5.91 Å². The molecule has 4 unspecified atom stereocenters. The Bertz CT molecular complexity index is 598. The Hall–Kier alpha value is -0.770. The molecule has 0 radical (unpaired) electrons. The van der Waals surface area contributed by atoms with Crippen LogP contribution in [0.25, 0.3) is 0 Å². The molecule has 2 aliphatic carbocycles. The highest BCUT2D eigenvalue weighted by Gasteiger charge is 2.58. The van der Waals surface area contributed by atoms with Crippen molar-refractivity contribution in [1.82, 2.24) is 10.6 Å². The molecule has 1 spiro atoms. The maximum atomic E-state index is 12.8. The van der Waals surface area contributed by atoms with E-state index < -0.39 is 0 Å².